The lowest BCUT2D eigenvalue weighted by molar-refractivity contribution is -0.0762. The van der Waals surface area contributed by atoms with Crippen molar-refractivity contribution < 1.29 is 4.74 Å². The summed E-state index contributed by atoms with van der Waals surface area (Å²) in [5.74, 6) is 1.42. The predicted molar refractivity (Wildman–Crippen MR) is 70.0 cm³/mol. The molecule has 3 atom stereocenters. The van der Waals surface area contributed by atoms with Gasteiger partial charge in [0.2, 0.25) is 0 Å². The highest BCUT2D eigenvalue weighted by molar-refractivity contribution is 9.09. The maximum absolute atomic E-state index is 6.13. The average Bonchev–Trinajstić information content (AvgIpc) is 2.29. The van der Waals surface area contributed by atoms with Crippen LogP contribution in [-0.4, -0.2) is 22.9 Å². The van der Waals surface area contributed by atoms with Crippen molar-refractivity contribution in [1.82, 2.24) is 0 Å². The van der Waals surface area contributed by atoms with E-state index in [2.05, 4.69) is 29.8 Å². The van der Waals surface area contributed by atoms with E-state index >= 15 is 0 Å². The molecule has 3 heteroatoms. The maximum Gasteiger partial charge on any atom is 0.0889 e. The summed E-state index contributed by atoms with van der Waals surface area (Å²) in [6.07, 6.45) is 6.81. The van der Waals surface area contributed by atoms with Gasteiger partial charge in [-0.1, -0.05) is 42.1 Å². The molecule has 0 saturated heterocycles. The predicted octanol–water partition coefficient (Wildman–Crippen LogP) is 4.36. The van der Waals surface area contributed by atoms with Crippen LogP contribution in [0.1, 0.15) is 46.0 Å². The van der Waals surface area contributed by atoms with E-state index in [4.69, 9.17) is 16.3 Å². The molecule has 1 aliphatic carbocycles. The SMILES string of the molecule is CCC1CCCC(OC(C)(CCl)CBr)C1. The lowest BCUT2D eigenvalue weighted by atomic mass is 9.85. The molecular formula is C12H22BrClO. The molecule has 0 spiro atoms. The zero-order valence-electron chi connectivity index (χ0n) is 9.77. The zero-order valence-corrected chi connectivity index (χ0v) is 12.1. The van der Waals surface area contributed by atoms with Gasteiger partial charge in [0.05, 0.1) is 17.6 Å². The van der Waals surface area contributed by atoms with Crippen molar-refractivity contribution in [3.8, 4) is 0 Å². The molecule has 1 fully saturated rings. The van der Waals surface area contributed by atoms with Gasteiger partial charge in [-0.2, -0.15) is 0 Å². The molecule has 90 valence electrons. The minimum Gasteiger partial charge on any atom is -0.370 e. The van der Waals surface area contributed by atoms with Gasteiger partial charge in [0.1, 0.15) is 0 Å². The number of hydrogen-bond donors (Lipinski definition) is 0. The van der Waals surface area contributed by atoms with Crippen molar-refractivity contribution in [2.75, 3.05) is 11.2 Å². The minimum absolute atomic E-state index is 0.193. The summed E-state index contributed by atoms with van der Waals surface area (Å²) >= 11 is 9.43. The second kappa shape index (κ2) is 6.46. The summed E-state index contributed by atoms with van der Waals surface area (Å²) in [7, 11) is 0. The van der Waals surface area contributed by atoms with Crippen LogP contribution in [0.4, 0.5) is 0 Å². The Balaban J connectivity index is 2.43. The molecule has 15 heavy (non-hydrogen) atoms. The Bertz CT molecular complexity index is 182. The van der Waals surface area contributed by atoms with E-state index in [1.54, 1.807) is 0 Å². The first-order valence-corrected chi connectivity index (χ1v) is 7.59. The van der Waals surface area contributed by atoms with Crippen molar-refractivity contribution in [1.29, 1.82) is 0 Å². The lowest BCUT2D eigenvalue weighted by Gasteiger charge is -2.35. The highest BCUT2D eigenvalue weighted by Crippen LogP contribution is 2.31. The molecule has 1 saturated carbocycles. The Morgan fingerprint density at radius 2 is 2.20 bits per heavy atom. The van der Waals surface area contributed by atoms with E-state index in [0.717, 1.165) is 11.2 Å². The van der Waals surface area contributed by atoms with Crippen LogP contribution in [0.2, 0.25) is 0 Å². The molecule has 0 aromatic heterocycles. The quantitative estimate of drug-likeness (QED) is 0.685. The summed E-state index contributed by atoms with van der Waals surface area (Å²) in [5.41, 5.74) is -0.193. The third kappa shape index (κ3) is 4.24. The largest absolute Gasteiger partial charge is 0.370 e. The minimum atomic E-state index is -0.193. The zero-order chi connectivity index (χ0) is 11.3. The second-order valence-electron chi connectivity index (χ2n) is 4.90. The molecule has 0 N–H and O–H groups in total. The number of halogens is 2. The Hall–Kier alpha value is 0.730. The Morgan fingerprint density at radius 1 is 1.47 bits per heavy atom. The summed E-state index contributed by atoms with van der Waals surface area (Å²) in [4.78, 5) is 0. The molecule has 1 nitrogen and oxygen atoms in total. The van der Waals surface area contributed by atoms with Crippen LogP contribution in [0.15, 0.2) is 0 Å². The van der Waals surface area contributed by atoms with Crippen molar-refractivity contribution in [3.05, 3.63) is 0 Å². The molecule has 1 rings (SSSR count). The molecule has 1 aliphatic rings. The van der Waals surface area contributed by atoms with Crippen molar-refractivity contribution in [2.24, 2.45) is 5.92 Å². The van der Waals surface area contributed by atoms with Gasteiger partial charge in [-0.25, -0.2) is 0 Å². The van der Waals surface area contributed by atoms with Gasteiger partial charge in [0.15, 0.2) is 0 Å². The van der Waals surface area contributed by atoms with Crippen LogP contribution in [0.5, 0.6) is 0 Å². The van der Waals surface area contributed by atoms with Gasteiger partial charge in [-0.15, -0.1) is 11.6 Å². The fraction of sp³-hybridized carbons (Fsp3) is 1.00. The third-order valence-electron chi connectivity index (χ3n) is 3.33. The first-order chi connectivity index (χ1) is 7.13. The number of hydrogen-bond acceptors (Lipinski definition) is 1. The van der Waals surface area contributed by atoms with Crippen LogP contribution >= 0.6 is 27.5 Å². The Morgan fingerprint density at radius 3 is 2.73 bits per heavy atom. The Kier molecular flexibility index (Phi) is 5.94. The highest BCUT2D eigenvalue weighted by atomic mass is 79.9. The van der Waals surface area contributed by atoms with Crippen LogP contribution in [0, 0.1) is 5.92 Å². The number of rotatable bonds is 5. The van der Waals surface area contributed by atoms with Gasteiger partial charge < -0.3 is 4.74 Å². The first-order valence-electron chi connectivity index (χ1n) is 5.93. The Labute approximate surface area is 107 Å². The van der Waals surface area contributed by atoms with E-state index in [9.17, 15) is 0 Å². The smallest absolute Gasteiger partial charge is 0.0889 e. The van der Waals surface area contributed by atoms with Gasteiger partial charge in [-0.3, -0.25) is 0 Å². The van der Waals surface area contributed by atoms with E-state index < -0.39 is 0 Å². The van der Waals surface area contributed by atoms with Crippen LogP contribution in [0.3, 0.4) is 0 Å². The number of alkyl halides is 2. The average molecular weight is 298 g/mol. The van der Waals surface area contributed by atoms with Gasteiger partial charge in [0.25, 0.3) is 0 Å². The summed E-state index contributed by atoms with van der Waals surface area (Å²) in [5, 5.41) is 0.816. The van der Waals surface area contributed by atoms with Crippen LogP contribution in [0.25, 0.3) is 0 Å². The molecular weight excluding hydrogens is 275 g/mol. The maximum atomic E-state index is 6.13. The second-order valence-corrected chi connectivity index (χ2v) is 5.73. The fourth-order valence-electron chi connectivity index (χ4n) is 2.22. The topological polar surface area (TPSA) is 9.23 Å². The molecule has 0 amide bonds. The molecule has 3 unspecified atom stereocenters. The molecule has 0 aliphatic heterocycles. The molecule has 0 bridgehead atoms. The third-order valence-corrected chi connectivity index (χ3v) is 5.08. The normalized spacial score (nSPS) is 31.2. The molecule has 0 aromatic rings. The van der Waals surface area contributed by atoms with Crippen molar-refractivity contribution >= 4 is 27.5 Å². The number of ether oxygens (including phenoxy) is 1. The first kappa shape index (κ1) is 13.8. The summed E-state index contributed by atoms with van der Waals surface area (Å²) in [6, 6.07) is 0. The van der Waals surface area contributed by atoms with Gasteiger partial charge >= 0.3 is 0 Å². The fourth-order valence-corrected chi connectivity index (χ4v) is 2.94. The lowest BCUT2D eigenvalue weighted by Crippen LogP contribution is -2.39. The van der Waals surface area contributed by atoms with Crippen molar-refractivity contribution in [2.45, 2.75) is 57.7 Å². The summed E-state index contributed by atoms with van der Waals surface area (Å²) in [6.45, 7) is 4.36. The van der Waals surface area contributed by atoms with Gasteiger partial charge in [0, 0.05) is 5.33 Å². The monoisotopic (exact) mass is 296 g/mol. The standard InChI is InChI=1S/C12H22BrClO/c1-3-10-5-4-6-11(7-10)15-12(2,8-13)9-14/h10-11H,3-9H2,1-2H3. The molecule has 0 radical (unpaired) electrons. The van der Waals surface area contributed by atoms with Gasteiger partial charge in [-0.05, 0) is 25.7 Å². The molecule has 0 aromatic carbocycles. The van der Waals surface area contributed by atoms with E-state index in [0.29, 0.717) is 12.0 Å². The molecule has 0 heterocycles. The van der Waals surface area contributed by atoms with Crippen molar-refractivity contribution in [3.63, 3.8) is 0 Å². The van der Waals surface area contributed by atoms with E-state index in [1.807, 2.05) is 0 Å². The van der Waals surface area contributed by atoms with Crippen LogP contribution in [-0.2, 0) is 4.74 Å². The van der Waals surface area contributed by atoms with E-state index in [-0.39, 0.29) is 5.60 Å². The highest BCUT2D eigenvalue weighted by Gasteiger charge is 2.30. The van der Waals surface area contributed by atoms with E-state index in [1.165, 1.54) is 32.1 Å². The van der Waals surface area contributed by atoms with Crippen LogP contribution < -0.4 is 0 Å². The summed E-state index contributed by atoms with van der Waals surface area (Å²) < 4.78 is 6.13.